The molecule has 0 aliphatic heterocycles. The zero-order valence-electron chi connectivity index (χ0n) is 12.5. The second-order valence-electron chi connectivity index (χ2n) is 5.18. The van der Waals surface area contributed by atoms with Crippen molar-refractivity contribution in [2.75, 3.05) is 0 Å². The van der Waals surface area contributed by atoms with Crippen molar-refractivity contribution in [2.45, 2.75) is 4.90 Å². The van der Waals surface area contributed by atoms with Crippen LogP contribution >= 0.6 is 0 Å². The maximum Gasteiger partial charge on any atom is 0.216 e. The van der Waals surface area contributed by atoms with Crippen LogP contribution in [0.1, 0.15) is 5.56 Å². The van der Waals surface area contributed by atoms with Crippen molar-refractivity contribution in [3.8, 4) is 6.07 Å². The van der Waals surface area contributed by atoms with Crippen LogP contribution in [0.4, 0.5) is 4.39 Å². The van der Waals surface area contributed by atoms with E-state index in [1.54, 1.807) is 12.1 Å². The molecule has 3 aromatic rings. The van der Waals surface area contributed by atoms with Crippen molar-refractivity contribution in [1.82, 2.24) is 0 Å². The molecule has 3 rings (SSSR count). The fourth-order valence-corrected chi connectivity index (χ4v) is 3.52. The Balaban J connectivity index is 2.07. The highest BCUT2D eigenvalue weighted by molar-refractivity contribution is 7.95. The van der Waals surface area contributed by atoms with E-state index in [1.165, 1.54) is 6.08 Å². The Labute approximate surface area is 139 Å². The highest BCUT2D eigenvalue weighted by atomic mass is 32.2. The summed E-state index contributed by atoms with van der Waals surface area (Å²) in [5, 5.41) is 11.3. The molecule has 0 atom stereocenters. The van der Waals surface area contributed by atoms with Crippen LogP contribution < -0.4 is 0 Å². The van der Waals surface area contributed by atoms with Crippen LogP contribution in [-0.4, -0.2) is 8.42 Å². The highest BCUT2D eigenvalue weighted by Gasteiger charge is 2.20. The zero-order valence-corrected chi connectivity index (χ0v) is 13.3. The largest absolute Gasteiger partial charge is 0.218 e. The van der Waals surface area contributed by atoms with Crippen LogP contribution in [-0.2, 0) is 9.84 Å². The third kappa shape index (κ3) is 3.05. The molecule has 0 N–H and O–H groups in total. The van der Waals surface area contributed by atoms with Gasteiger partial charge >= 0.3 is 0 Å². The number of sulfone groups is 1. The van der Waals surface area contributed by atoms with Gasteiger partial charge in [0.25, 0.3) is 0 Å². The molecule has 0 aliphatic carbocycles. The van der Waals surface area contributed by atoms with Crippen molar-refractivity contribution in [3.05, 3.63) is 83.0 Å². The Hall–Kier alpha value is -2.97. The SMILES string of the molecule is N#C/C(=C\c1ccc2ccccc2c1)S(=O)(=O)c1ccc(F)cc1. The first kappa shape index (κ1) is 15.9. The summed E-state index contributed by atoms with van der Waals surface area (Å²) in [7, 11) is -3.99. The van der Waals surface area contributed by atoms with Gasteiger partial charge in [-0.1, -0.05) is 36.4 Å². The molecule has 0 aromatic heterocycles. The molecule has 0 bridgehead atoms. The molecule has 3 aromatic carbocycles. The number of benzene rings is 3. The lowest BCUT2D eigenvalue weighted by atomic mass is 10.1. The van der Waals surface area contributed by atoms with Gasteiger partial charge < -0.3 is 0 Å². The summed E-state index contributed by atoms with van der Waals surface area (Å²) in [5.41, 5.74) is 0.607. The number of nitrogens with zero attached hydrogens (tertiary/aromatic N) is 1. The van der Waals surface area contributed by atoms with Crippen molar-refractivity contribution < 1.29 is 12.8 Å². The van der Waals surface area contributed by atoms with Gasteiger partial charge in [-0.2, -0.15) is 5.26 Å². The Morgan fingerprint density at radius 3 is 2.29 bits per heavy atom. The maximum atomic E-state index is 13.0. The normalized spacial score (nSPS) is 12.1. The lowest BCUT2D eigenvalue weighted by Crippen LogP contribution is -2.03. The van der Waals surface area contributed by atoms with Gasteiger partial charge in [0, 0.05) is 0 Å². The van der Waals surface area contributed by atoms with Crippen LogP contribution in [0.3, 0.4) is 0 Å². The van der Waals surface area contributed by atoms with Crippen LogP contribution in [0.5, 0.6) is 0 Å². The molecule has 0 spiro atoms. The summed E-state index contributed by atoms with van der Waals surface area (Å²) < 4.78 is 38.0. The van der Waals surface area contributed by atoms with Gasteiger partial charge in [-0.05, 0) is 52.7 Å². The summed E-state index contributed by atoms with van der Waals surface area (Å²) in [6, 6.07) is 19.2. The number of hydrogen-bond acceptors (Lipinski definition) is 3. The third-order valence-electron chi connectivity index (χ3n) is 3.59. The van der Waals surface area contributed by atoms with Crippen molar-refractivity contribution >= 4 is 26.7 Å². The number of rotatable bonds is 3. The number of fused-ring (bicyclic) bond motifs is 1. The van der Waals surface area contributed by atoms with E-state index in [-0.39, 0.29) is 9.80 Å². The van der Waals surface area contributed by atoms with Gasteiger partial charge in [0.15, 0.2) is 0 Å². The Kier molecular flexibility index (Phi) is 4.15. The Morgan fingerprint density at radius 1 is 0.958 bits per heavy atom. The lowest BCUT2D eigenvalue weighted by Gasteiger charge is -2.04. The smallest absolute Gasteiger partial charge is 0.216 e. The molecule has 0 heterocycles. The van der Waals surface area contributed by atoms with Crippen molar-refractivity contribution in [3.63, 3.8) is 0 Å². The summed E-state index contributed by atoms with van der Waals surface area (Å²) in [6.07, 6.45) is 1.32. The molecule has 24 heavy (non-hydrogen) atoms. The first-order valence-electron chi connectivity index (χ1n) is 7.12. The second kappa shape index (κ2) is 6.26. The molecule has 5 heteroatoms. The van der Waals surface area contributed by atoms with Crippen LogP contribution in [0.25, 0.3) is 16.8 Å². The Bertz CT molecular complexity index is 1080. The summed E-state index contributed by atoms with van der Waals surface area (Å²) >= 11 is 0. The Morgan fingerprint density at radius 2 is 1.62 bits per heavy atom. The molecule has 0 saturated heterocycles. The molecule has 0 unspecified atom stereocenters. The summed E-state index contributed by atoms with van der Waals surface area (Å²) in [6.45, 7) is 0. The van der Waals surface area contributed by atoms with Gasteiger partial charge in [0.05, 0.1) is 4.90 Å². The van der Waals surface area contributed by atoms with E-state index in [0.29, 0.717) is 5.56 Å². The van der Waals surface area contributed by atoms with E-state index >= 15 is 0 Å². The second-order valence-corrected chi connectivity index (χ2v) is 7.10. The minimum atomic E-state index is -3.99. The number of hydrogen-bond donors (Lipinski definition) is 0. The van der Waals surface area contributed by atoms with Gasteiger partial charge in [-0.25, -0.2) is 12.8 Å². The monoisotopic (exact) mass is 337 g/mol. The molecular formula is C19H12FNO2S. The van der Waals surface area contributed by atoms with E-state index in [0.717, 1.165) is 35.0 Å². The van der Waals surface area contributed by atoms with E-state index in [4.69, 9.17) is 0 Å². The topological polar surface area (TPSA) is 57.9 Å². The predicted molar refractivity (Wildman–Crippen MR) is 91.1 cm³/mol. The third-order valence-corrected chi connectivity index (χ3v) is 5.28. The molecular weight excluding hydrogens is 325 g/mol. The van der Waals surface area contributed by atoms with Gasteiger partial charge in [0.1, 0.15) is 16.8 Å². The summed E-state index contributed by atoms with van der Waals surface area (Å²) in [5.74, 6) is -0.536. The first-order chi connectivity index (χ1) is 11.5. The molecule has 0 aliphatic rings. The van der Waals surface area contributed by atoms with Gasteiger partial charge in [0.2, 0.25) is 9.84 Å². The number of halogens is 1. The fourth-order valence-electron chi connectivity index (χ4n) is 2.36. The van der Waals surface area contributed by atoms with E-state index in [9.17, 15) is 18.1 Å². The quantitative estimate of drug-likeness (QED) is 0.528. The number of nitriles is 1. The lowest BCUT2D eigenvalue weighted by molar-refractivity contribution is 0.601. The maximum absolute atomic E-state index is 13.0. The number of allylic oxidation sites excluding steroid dienone is 1. The molecule has 118 valence electrons. The molecule has 0 saturated carbocycles. The zero-order chi connectivity index (χ0) is 17.2. The molecule has 3 nitrogen and oxygen atoms in total. The van der Waals surface area contributed by atoms with E-state index < -0.39 is 15.7 Å². The van der Waals surface area contributed by atoms with E-state index in [1.807, 2.05) is 36.4 Å². The van der Waals surface area contributed by atoms with E-state index in [2.05, 4.69) is 0 Å². The van der Waals surface area contributed by atoms with Crippen LogP contribution in [0.2, 0.25) is 0 Å². The standard InChI is InChI=1S/C19H12FNO2S/c20-17-7-9-18(10-8-17)24(22,23)19(13-21)12-14-5-6-15-3-1-2-4-16(15)11-14/h1-12H/b19-12+. The van der Waals surface area contributed by atoms with Gasteiger partial charge in [-0.3, -0.25) is 0 Å². The summed E-state index contributed by atoms with van der Waals surface area (Å²) in [4.78, 5) is -0.498. The molecule has 0 radical (unpaired) electrons. The minimum absolute atomic E-state index is 0.113. The minimum Gasteiger partial charge on any atom is -0.218 e. The van der Waals surface area contributed by atoms with Gasteiger partial charge in [-0.15, -0.1) is 0 Å². The van der Waals surface area contributed by atoms with Crippen molar-refractivity contribution in [2.24, 2.45) is 0 Å². The highest BCUT2D eigenvalue weighted by Crippen LogP contribution is 2.23. The first-order valence-corrected chi connectivity index (χ1v) is 8.60. The molecule has 0 fully saturated rings. The van der Waals surface area contributed by atoms with Crippen LogP contribution in [0, 0.1) is 17.1 Å². The van der Waals surface area contributed by atoms with Crippen molar-refractivity contribution in [1.29, 1.82) is 5.26 Å². The average molecular weight is 337 g/mol. The predicted octanol–water partition coefficient (Wildman–Crippen LogP) is 4.32. The molecule has 0 amide bonds. The average Bonchev–Trinajstić information content (AvgIpc) is 2.59. The fraction of sp³-hybridized carbons (Fsp3) is 0. The van der Waals surface area contributed by atoms with Crippen LogP contribution in [0.15, 0.2) is 76.5 Å².